The number of rotatable bonds is 37. The van der Waals surface area contributed by atoms with E-state index in [4.69, 9.17) is 19.3 Å². The highest BCUT2D eigenvalue weighted by Gasteiger charge is 2.22. The first-order valence-corrected chi connectivity index (χ1v) is 22.2. The molecule has 0 unspecified atom stereocenters. The number of esters is 2. The maximum Gasteiger partial charge on any atom is 0.469 e. The number of carbonyl (C=O) groups is 2. The van der Waals surface area contributed by atoms with E-state index in [1.54, 1.807) is 0 Å². The van der Waals surface area contributed by atoms with Crippen LogP contribution in [0.3, 0.4) is 0 Å². The standard InChI is InChI=1S/C43H75O9P/c1-3-5-7-8-9-10-11-12-13-14-15-16-19-23-26-29-33-37-43(46)52-41(39-51-53(47,48)49)38-50-42(45)36-32-28-25-22-20-17-18-21-24-27-31-35-40(44)34-30-6-4-2/h12-13,17-18,22,24-25,27,31,35,40-41,44H,3-11,14-16,19-21,23,26,28-30,32-34,36-39H2,1-2H3,(H2,47,48,49)/b13-12-,18-17-,25-22-,27-24-,35-31+/t40-,41-/m1/s1. The molecule has 0 bridgehead atoms. The number of unbranched alkanes of at least 4 members (excludes halogenated alkanes) is 16. The van der Waals surface area contributed by atoms with Gasteiger partial charge in [0.2, 0.25) is 0 Å². The molecule has 0 heterocycles. The van der Waals surface area contributed by atoms with Gasteiger partial charge in [0.25, 0.3) is 0 Å². The van der Waals surface area contributed by atoms with Crippen LogP contribution in [0, 0.1) is 0 Å². The van der Waals surface area contributed by atoms with Crippen LogP contribution in [0.2, 0.25) is 0 Å². The van der Waals surface area contributed by atoms with E-state index < -0.39 is 32.5 Å². The van der Waals surface area contributed by atoms with Gasteiger partial charge in [-0.25, -0.2) is 4.57 Å². The van der Waals surface area contributed by atoms with Gasteiger partial charge in [0.15, 0.2) is 6.10 Å². The molecule has 0 rings (SSSR count). The van der Waals surface area contributed by atoms with Crippen molar-refractivity contribution in [2.75, 3.05) is 13.2 Å². The van der Waals surface area contributed by atoms with Crippen molar-refractivity contribution < 1.29 is 43.0 Å². The molecule has 2 atom stereocenters. The Hall–Kier alpha value is -2.29. The van der Waals surface area contributed by atoms with Crippen molar-refractivity contribution in [1.29, 1.82) is 0 Å². The average molecular weight is 767 g/mol. The molecule has 0 aliphatic carbocycles. The number of carbonyl (C=O) groups excluding carboxylic acids is 2. The van der Waals surface area contributed by atoms with Crippen LogP contribution < -0.4 is 0 Å². The summed E-state index contributed by atoms with van der Waals surface area (Å²) in [6.45, 7) is 3.50. The van der Waals surface area contributed by atoms with Crippen LogP contribution in [-0.2, 0) is 28.2 Å². The summed E-state index contributed by atoms with van der Waals surface area (Å²) in [5.41, 5.74) is 0. The monoisotopic (exact) mass is 767 g/mol. The van der Waals surface area contributed by atoms with Crippen LogP contribution in [0.4, 0.5) is 0 Å². The molecule has 9 nitrogen and oxygen atoms in total. The molecule has 306 valence electrons. The Kier molecular flexibility index (Phi) is 36.4. The lowest BCUT2D eigenvalue weighted by molar-refractivity contribution is -0.161. The largest absolute Gasteiger partial charge is 0.469 e. The third-order valence-electron chi connectivity index (χ3n) is 8.61. The lowest BCUT2D eigenvalue weighted by atomic mass is 10.1. The van der Waals surface area contributed by atoms with Crippen LogP contribution in [-0.4, -0.2) is 52.3 Å². The van der Waals surface area contributed by atoms with E-state index in [1.807, 2.05) is 36.5 Å². The van der Waals surface area contributed by atoms with Crippen molar-refractivity contribution in [2.45, 2.75) is 187 Å². The minimum absolute atomic E-state index is 0.168. The van der Waals surface area contributed by atoms with E-state index in [-0.39, 0.29) is 25.6 Å². The van der Waals surface area contributed by atoms with E-state index >= 15 is 0 Å². The van der Waals surface area contributed by atoms with E-state index in [9.17, 15) is 19.3 Å². The maximum absolute atomic E-state index is 12.4. The molecule has 0 aliphatic rings. The predicted molar refractivity (Wildman–Crippen MR) is 217 cm³/mol. The molecule has 0 saturated heterocycles. The highest BCUT2D eigenvalue weighted by molar-refractivity contribution is 7.46. The van der Waals surface area contributed by atoms with Gasteiger partial charge in [-0.1, -0.05) is 158 Å². The van der Waals surface area contributed by atoms with Gasteiger partial charge in [-0.3, -0.25) is 14.1 Å². The number of phosphoric ester groups is 1. The lowest BCUT2D eigenvalue weighted by Gasteiger charge is -2.18. The van der Waals surface area contributed by atoms with Crippen LogP contribution in [0.25, 0.3) is 0 Å². The lowest BCUT2D eigenvalue weighted by Crippen LogP contribution is -2.29. The quantitative estimate of drug-likeness (QED) is 0.0185. The first kappa shape index (κ1) is 50.7. The maximum atomic E-state index is 12.4. The number of hydrogen-bond donors (Lipinski definition) is 3. The number of hydrogen-bond acceptors (Lipinski definition) is 7. The SMILES string of the molecule is CCCCCCCC/C=C\CCCCCCCCCC(=O)O[C@H](COC(=O)CCC/C=C\C/C=C\C/C=C\C=C\[C@H](O)CCCCC)COP(=O)(O)O. The van der Waals surface area contributed by atoms with Crippen molar-refractivity contribution in [1.82, 2.24) is 0 Å². The highest BCUT2D eigenvalue weighted by atomic mass is 31.2. The fraction of sp³-hybridized carbons (Fsp3) is 0.721. The zero-order valence-electron chi connectivity index (χ0n) is 33.3. The van der Waals surface area contributed by atoms with Crippen LogP contribution in [0.1, 0.15) is 174 Å². The van der Waals surface area contributed by atoms with Crippen LogP contribution in [0.5, 0.6) is 0 Å². The number of ether oxygens (including phenoxy) is 2. The normalized spacial score (nSPS) is 13.7. The summed E-state index contributed by atoms with van der Waals surface area (Å²) in [7, 11) is -4.78. The summed E-state index contributed by atoms with van der Waals surface area (Å²) in [6, 6.07) is 0. The molecule has 0 aromatic rings. The van der Waals surface area contributed by atoms with E-state index in [0.29, 0.717) is 19.3 Å². The summed E-state index contributed by atoms with van der Waals surface area (Å²) in [6.07, 6.45) is 44.1. The van der Waals surface area contributed by atoms with Crippen LogP contribution in [0.15, 0.2) is 60.8 Å². The number of allylic oxidation sites excluding steroid dienone is 9. The predicted octanol–water partition coefficient (Wildman–Crippen LogP) is 11.5. The molecule has 0 saturated carbocycles. The molecule has 0 fully saturated rings. The third kappa shape index (κ3) is 40.7. The Balaban J connectivity index is 4.08. The Bertz CT molecular complexity index is 1060. The molecule has 53 heavy (non-hydrogen) atoms. The topological polar surface area (TPSA) is 140 Å². The minimum atomic E-state index is -4.78. The van der Waals surface area contributed by atoms with Crippen LogP contribution >= 0.6 is 7.82 Å². The summed E-state index contributed by atoms with van der Waals surface area (Å²) >= 11 is 0. The summed E-state index contributed by atoms with van der Waals surface area (Å²) in [5.74, 6) is -0.984. The molecule has 10 heteroatoms. The van der Waals surface area contributed by atoms with E-state index in [0.717, 1.165) is 64.2 Å². The first-order valence-electron chi connectivity index (χ1n) is 20.7. The Morgan fingerprint density at radius 1 is 0.585 bits per heavy atom. The van der Waals surface area contributed by atoms with Gasteiger partial charge in [0, 0.05) is 12.8 Å². The Morgan fingerprint density at radius 3 is 1.74 bits per heavy atom. The van der Waals surface area contributed by atoms with Crippen molar-refractivity contribution in [3.63, 3.8) is 0 Å². The van der Waals surface area contributed by atoms with Gasteiger partial charge in [0.05, 0.1) is 12.7 Å². The minimum Gasteiger partial charge on any atom is -0.462 e. The van der Waals surface area contributed by atoms with Gasteiger partial charge < -0.3 is 24.4 Å². The Morgan fingerprint density at radius 2 is 1.09 bits per heavy atom. The number of aliphatic hydroxyl groups excluding tert-OH is 1. The summed E-state index contributed by atoms with van der Waals surface area (Å²) in [4.78, 5) is 42.8. The molecule has 0 radical (unpaired) electrons. The molecular formula is C43H75O9P. The van der Waals surface area contributed by atoms with Gasteiger partial charge in [-0.15, -0.1) is 0 Å². The van der Waals surface area contributed by atoms with Gasteiger partial charge in [-0.2, -0.15) is 0 Å². The van der Waals surface area contributed by atoms with E-state index in [2.05, 4.69) is 42.7 Å². The summed E-state index contributed by atoms with van der Waals surface area (Å²) in [5, 5.41) is 9.86. The van der Waals surface area contributed by atoms with Gasteiger partial charge in [-0.05, 0) is 64.2 Å². The zero-order chi connectivity index (χ0) is 39.1. The smallest absolute Gasteiger partial charge is 0.462 e. The third-order valence-corrected chi connectivity index (χ3v) is 9.10. The molecule has 0 spiro atoms. The van der Waals surface area contributed by atoms with Gasteiger partial charge >= 0.3 is 19.8 Å². The van der Waals surface area contributed by atoms with Crippen molar-refractivity contribution >= 4 is 19.8 Å². The van der Waals surface area contributed by atoms with Crippen molar-refractivity contribution in [3.8, 4) is 0 Å². The molecule has 0 aromatic carbocycles. The van der Waals surface area contributed by atoms with Gasteiger partial charge in [0.1, 0.15) is 6.61 Å². The average Bonchev–Trinajstić information content (AvgIpc) is 3.12. The Labute approximate surface area is 322 Å². The highest BCUT2D eigenvalue weighted by Crippen LogP contribution is 2.36. The fourth-order valence-electron chi connectivity index (χ4n) is 5.47. The molecule has 0 aromatic heterocycles. The second-order valence-corrected chi connectivity index (χ2v) is 15.0. The molecule has 3 N–H and O–H groups in total. The van der Waals surface area contributed by atoms with Crippen molar-refractivity contribution in [3.05, 3.63) is 60.8 Å². The first-order chi connectivity index (χ1) is 25.7. The molecule has 0 aliphatic heterocycles. The zero-order valence-corrected chi connectivity index (χ0v) is 34.2. The second-order valence-electron chi connectivity index (χ2n) is 13.8. The fourth-order valence-corrected chi connectivity index (χ4v) is 5.83. The van der Waals surface area contributed by atoms with Crippen molar-refractivity contribution in [2.24, 2.45) is 0 Å². The summed E-state index contributed by atoms with van der Waals surface area (Å²) < 4.78 is 26.3. The number of aliphatic hydroxyl groups is 1. The second kappa shape index (κ2) is 38.0. The van der Waals surface area contributed by atoms with E-state index in [1.165, 1.54) is 64.2 Å². The number of phosphoric acid groups is 1. The molecule has 0 amide bonds. The molecular weight excluding hydrogens is 691 g/mol.